The van der Waals surface area contributed by atoms with Crippen LogP contribution in [-0.4, -0.2) is 27.2 Å². The quantitative estimate of drug-likeness (QED) is 0.720. The van der Waals surface area contributed by atoms with Gasteiger partial charge in [0, 0.05) is 5.41 Å². The first-order valence-corrected chi connectivity index (χ1v) is 13.1. The number of carbonyl (C=O) groups excluding carboxylic acids is 1. The van der Waals surface area contributed by atoms with Gasteiger partial charge in [0.15, 0.2) is 11.6 Å². The second kappa shape index (κ2) is 7.21. The number of amides is 1. The fraction of sp³-hybridized carbons (Fsp3) is 0.696. The van der Waals surface area contributed by atoms with Crippen LogP contribution in [0.25, 0.3) is 0 Å². The number of hydrogen-bond acceptors (Lipinski definition) is 4. The Labute approximate surface area is 177 Å². The number of carbonyl (C=O) groups is 1. The van der Waals surface area contributed by atoms with Crippen LogP contribution in [0.3, 0.4) is 0 Å². The average molecular weight is 436 g/mol. The lowest BCUT2D eigenvalue weighted by Crippen LogP contribution is -2.48. The van der Waals surface area contributed by atoms with Gasteiger partial charge in [-0.1, -0.05) is 6.42 Å². The zero-order valence-electron chi connectivity index (χ0n) is 17.5. The Hall–Kier alpha value is -1.63. The summed E-state index contributed by atoms with van der Waals surface area (Å²) in [5.74, 6) is 1.01. The first-order valence-electron chi connectivity index (χ1n) is 11.2. The smallest absolute Gasteiger partial charge is 0.267 e. The maximum Gasteiger partial charge on any atom is 0.267 e. The van der Waals surface area contributed by atoms with Gasteiger partial charge in [-0.05, 0) is 92.7 Å². The Kier molecular flexibility index (Phi) is 4.88. The van der Waals surface area contributed by atoms with Crippen LogP contribution in [0.4, 0.5) is 4.39 Å². The molecule has 0 unspecified atom stereocenters. The van der Waals surface area contributed by atoms with Crippen LogP contribution in [0.2, 0.25) is 0 Å². The Bertz CT molecular complexity index is 934. The molecular weight excluding hydrogens is 405 g/mol. The van der Waals surface area contributed by atoms with Crippen molar-refractivity contribution in [3.63, 3.8) is 0 Å². The molecule has 0 radical (unpaired) electrons. The van der Waals surface area contributed by atoms with Crippen molar-refractivity contribution in [1.82, 2.24) is 4.72 Å². The van der Waals surface area contributed by atoms with Crippen LogP contribution in [-0.2, 0) is 10.0 Å². The second-order valence-corrected chi connectivity index (χ2v) is 12.2. The van der Waals surface area contributed by atoms with E-state index in [0.29, 0.717) is 6.61 Å². The standard InChI is InChI=1S/C23H30FNO4S/c1-30(27,28)25-22(26)19-8-18(17-3-2-4-17)9-20(21(19)24)29-13-23-10-14-5-15(11-23)7-16(6-14)12-23/h8-9,14-17H,2-7,10-13H2,1H3,(H,25,26). The molecule has 0 atom stereocenters. The molecule has 1 aromatic carbocycles. The summed E-state index contributed by atoms with van der Waals surface area (Å²) in [6.45, 7) is 0.481. The maximum atomic E-state index is 15.2. The van der Waals surface area contributed by atoms with E-state index in [-0.39, 0.29) is 22.6 Å². The molecule has 1 aromatic rings. The molecule has 4 bridgehead atoms. The molecule has 7 heteroatoms. The zero-order chi connectivity index (χ0) is 21.1. The van der Waals surface area contributed by atoms with E-state index < -0.39 is 21.7 Å². The molecule has 5 aliphatic carbocycles. The third-order valence-electron chi connectivity index (χ3n) is 7.86. The highest BCUT2D eigenvalue weighted by Crippen LogP contribution is 2.60. The van der Waals surface area contributed by atoms with E-state index in [1.165, 1.54) is 25.3 Å². The summed E-state index contributed by atoms with van der Waals surface area (Å²) >= 11 is 0. The van der Waals surface area contributed by atoms with E-state index in [2.05, 4.69) is 0 Å². The van der Waals surface area contributed by atoms with Crippen LogP contribution in [0.5, 0.6) is 5.75 Å². The number of ether oxygens (including phenoxy) is 1. The fourth-order valence-electron chi connectivity index (χ4n) is 6.79. The van der Waals surface area contributed by atoms with Gasteiger partial charge in [0.25, 0.3) is 5.91 Å². The topological polar surface area (TPSA) is 72.5 Å². The van der Waals surface area contributed by atoms with Gasteiger partial charge in [-0.2, -0.15) is 0 Å². The molecule has 5 fully saturated rings. The lowest BCUT2D eigenvalue weighted by Gasteiger charge is -2.56. The largest absolute Gasteiger partial charge is 0.490 e. The molecule has 164 valence electrons. The molecule has 0 saturated heterocycles. The van der Waals surface area contributed by atoms with Gasteiger partial charge in [-0.15, -0.1) is 0 Å². The number of hydrogen-bond donors (Lipinski definition) is 1. The molecule has 6 rings (SSSR count). The summed E-state index contributed by atoms with van der Waals surface area (Å²) in [4.78, 5) is 12.5. The Morgan fingerprint density at radius 1 is 1.13 bits per heavy atom. The highest BCUT2D eigenvalue weighted by molar-refractivity contribution is 7.89. The highest BCUT2D eigenvalue weighted by atomic mass is 32.2. The number of nitrogens with one attached hydrogen (secondary N) is 1. The van der Waals surface area contributed by atoms with E-state index in [1.54, 1.807) is 6.07 Å². The second-order valence-electron chi connectivity index (χ2n) is 10.4. The van der Waals surface area contributed by atoms with Gasteiger partial charge in [0.1, 0.15) is 0 Å². The molecule has 0 aliphatic heterocycles. The molecule has 0 aromatic heterocycles. The number of sulfonamides is 1. The molecule has 5 aliphatic rings. The van der Waals surface area contributed by atoms with Crippen molar-refractivity contribution in [1.29, 1.82) is 0 Å². The Balaban J connectivity index is 1.41. The summed E-state index contributed by atoms with van der Waals surface area (Å²) < 4.78 is 46.2. The minimum absolute atomic E-state index is 0.0915. The molecular formula is C23H30FNO4S. The summed E-state index contributed by atoms with van der Waals surface area (Å²) in [6, 6.07) is 3.23. The molecule has 0 heterocycles. The van der Waals surface area contributed by atoms with Crippen LogP contribution in [0.1, 0.15) is 79.6 Å². The fourth-order valence-corrected chi connectivity index (χ4v) is 7.23. The minimum Gasteiger partial charge on any atom is -0.490 e. The van der Waals surface area contributed by atoms with Crippen molar-refractivity contribution >= 4 is 15.9 Å². The first-order chi connectivity index (χ1) is 14.2. The Morgan fingerprint density at radius 2 is 1.73 bits per heavy atom. The SMILES string of the molecule is CS(=O)(=O)NC(=O)c1cc(C2CCC2)cc(OCC23CC4CC(CC(C4)C2)C3)c1F. The summed E-state index contributed by atoms with van der Waals surface area (Å²) in [7, 11) is -3.78. The molecule has 5 nitrogen and oxygen atoms in total. The monoisotopic (exact) mass is 435 g/mol. The van der Waals surface area contributed by atoms with Crippen LogP contribution in [0, 0.1) is 29.0 Å². The van der Waals surface area contributed by atoms with Crippen molar-refractivity contribution in [2.75, 3.05) is 12.9 Å². The first kappa shape index (κ1) is 20.3. The van der Waals surface area contributed by atoms with Gasteiger partial charge in [0.2, 0.25) is 10.0 Å². The molecule has 1 N–H and O–H groups in total. The summed E-state index contributed by atoms with van der Waals surface area (Å²) in [5, 5.41) is 0. The van der Waals surface area contributed by atoms with Crippen molar-refractivity contribution in [2.24, 2.45) is 23.2 Å². The number of benzene rings is 1. The van der Waals surface area contributed by atoms with Gasteiger partial charge >= 0.3 is 0 Å². The number of halogens is 1. The molecule has 5 saturated carbocycles. The minimum atomic E-state index is -3.78. The average Bonchev–Trinajstić information content (AvgIpc) is 2.57. The number of rotatable bonds is 6. The van der Waals surface area contributed by atoms with Gasteiger partial charge in [-0.25, -0.2) is 17.5 Å². The predicted octanol–water partition coefficient (Wildman–Crippen LogP) is 4.38. The molecule has 30 heavy (non-hydrogen) atoms. The van der Waals surface area contributed by atoms with E-state index in [9.17, 15) is 13.2 Å². The predicted molar refractivity (Wildman–Crippen MR) is 111 cm³/mol. The van der Waals surface area contributed by atoms with Crippen molar-refractivity contribution < 1.29 is 22.3 Å². The van der Waals surface area contributed by atoms with Crippen molar-refractivity contribution in [3.05, 3.63) is 29.1 Å². The Morgan fingerprint density at radius 3 is 2.23 bits per heavy atom. The van der Waals surface area contributed by atoms with Gasteiger partial charge in [-0.3, -0.25) is 4.79 Å². The van der Waals surface area contributed by atoms with Gasteiger partial charge in [0.05, 0.1) is 18.4 Å². The van der Waals surface area contributed by atoms with E-state index in [0.717, 1.165) is 68.1 Å². The maximum absolute atomic E-state index is 15.2. The molecule has 0 spiro atoms. The van der Waals surface area contributed by atoms with Crippen LogP contribution < -0.4 is 9.46 Å². The van der Waals surface area contributed by atoms with E-state index in [1.807, 2.05) is 4.72 Å². The summed E-state index contributed by atoms with van der Waals surface area (Å²) in [6.07, 6.45) is 11.5. The van der Waals surface area contributed by atoms with E-state index in [4.69, 9.17) is 4.74 Å². The van der Waals surface area contributed by atoms with Crippen molar-refractivity contribution in [3.8, 4) is 5.75 Å². The third kappa shape index (κ3) is 3.85. The lowest BCUT2D eigenvalue weighted by atomic mass is 9.50. The van der Waals surface area contributed by atoms with E-state index >= 15 is 4.39 Å². The normalized spacial score (nSPS) is 32.7. The zero-order valence-corrected chi connectivity index (χ0v) is 18.3. The van der Waals surface area contributed by atoms with Crippen LogP contribution in [0.15, 0.2) is 12.1 Å². The lowest BCUT2D eigenvalue weighted by molar-refractivity contribution is -0.0750. The van der Waals surface area contributed by atoms with Gasteiger partial charge < -0.3 is 4.74 Å². The molecule has 1 amide bonds. The summed E-state index contributed by atoms with van der Waals surface area (Å²) in [5.41, 5.74) is 0.746. The van der Waals surface area contributed by atoms with Crippen LogP contribution >= 0.6 is 0 Å². The van der Waals surface area contributed by atoms with Crippen molar-refractivity contribution in [2.45, 2.75) is 63.7 Å². The third-order valence-corrected chi connectivity index (χ3v) is 8.42. The highest BCUT2D eigenvalue weighted by Gasteiger charge is 2.51.